The smallest absolute Gasteiger partial charge is 0.178 e. The molecule has 0 radical (unpaired) electrons. The van der Waals surface area contributed by atoms with Gasteiger partial charge in [0.1, 0.15) is 13.1 Å². The molecule has 3 aromatic rings. The molecule has 2 aromatic carbocycles. The quantitative estimate of drug-likeness (QED) is 0.579. The standard InChI is InChI=1S/C26H28N2O.ClH/c1-25(2,3)28(21-22-12-6-4-7-13-22)19-11-17-26(29,23-14-8-5-9-15-23)24-16-10-18-27-20-24;/h4-10,12-16,18,20,29H,19,21H2,1-3H3;1H. The summed E-state index contributed by atoms with van der Waals surface area (Å²) in [6, 6.07) is 23.7. The van der Waals surface area contributed by atoms with E-state index in [-0.39, 0.29) is 17.9 Å². The third-order valence-corrected chi connectivity index (χ3v) is 5.16. The highest BCUT2D eigenvalue weighted by Gasteiger charge is 2.30. The molecule has 3 rings (SSSR count). The van der Waals surface area contributed by atoms with Crippen molar-refractivity contribution in [2.45, 2.75) is 38.5 Å². The average Bonchev–Trinajstić information content (AvgIpc) is 2.74. The molecule has 0 bridgehead atoms. The second-order valence-electron chi connectivity index (χ2n) is 8.31. The van der Waals surface area contributed by atoms with Gasteiger partial charge in [0.05, 0.1) is 5.54 Å². The van der Waals surface area contributed by atoms with E-state index in [1.807, 2.05) is 48.5 Å². The summed E-state index contributed by atoms with van der Waals surface area (Å²) in [5.74, 6) is 6.45. The lowest BCUT2D eigenvalue weighted by molar-refractivity contribution is -0.953. The molecule has 0 aliphatic heterocycles. The van der Waals surface area contributed by atoms with Crippen LogP contribution in [0.3, 0.4) is 0 Å². The van der Waals surface area contributed by atoms with Gasteiger partial charge in [0.15, 0.2) is 5.60 Å². The first-order chi connectivity index (χ1) is 13.9. The Balaban J connectivity index is 0.00000320. The molecule has 0 aliphatic carbocycles. The number of rotatable bonds is 5. The topological polar surface area (TPSA) is 37.6 Å². The summed E-state index contributed by atoms with van der Waals surface area (Å²) in [7, 11) is 0. The minimum Gasteiger partial charge on any atom is -1.00 e. The second-order valence-corrected chi connectivity index (χ2v) is 8.31. The van der Waals surface area contributed by atoms with Crippen LogP contribution in [0.25, 0.3) is 0 Å². The lowest BCUT2D eigenvalue weighted by Crippen LogP contribution is -3.17. The van der Waals surface area contributed by atoms with Crippen molar-refractivity contribution in [2.75, 3.05) is 6.54 Å². The van der Waals surface area contributed by atoms with Crippen LogP contribution in [0.15, 0.2) is 85.2 Å². The zero-order chi connectivity index (χ0) is 20.7. The van der Waals surface area contributed by atoms with Crippen molar-refractivity contribution >= 4 is 0 Å². The molecule has 0 fully saturated rings. The number of hydrogen-bond acceptors (Lipinski definition) is 2. The molecule has 156 valence electrons. The Morgan fingerprint density at radius 2 is 1.47 bits per heavy atom. The van der Waals surface area contributed by atoms with Crippen molar-refractivity contribution < 1.29 is 22.4 Å². The maximum Gasteiger partial charge on any atom is 0.178 e. The van der Waals surface area contributed by atoms with Gasteiger partial charge in [0.25, 0.3) is 0 Å². The Morgan fingerprint density at radius 3 is 2.03 bits per heavy atom. The molecule has 2 unspecified atom stereocenters. The van der Waals surface area contributed by atoms with E-state index < -0.39 is 5.60 Å². The SMILES string of the molecule is CC(C)(C)[NH+](CC#CC(O)(c1ccccc1)c1cccnc1)Cc1ccccc1.[Cl-]. The Kier molecular flexibility index (Phi) is 8.20. The van der Waals surface area contributed by atoms with E-state index in [0.29, 0.717) is 12.1 Å². The first-order valence-electron chi connectivity index (χ1n) is 9.97. The average molecular weight is 421 g/mol. The van der Waals surface area contributed by atoms with Gasteiger partial charge in [-0.05, 0) is 32.8 Å². The van der Waals surface area contributed by atoms with Crippen molar-refractivity contribution in [2.24, 2.45) is 0 Å². The van der Waals surface area contributed by atoms with Crippen LogP contribution in [-0.2, 0) is 12.1 Å². The summed E-state index contributed by atoms with van der Waals surface area (Å²) in [5, 5.41) is 11.5. The Hall–Kier alpha value is -2.64. The van der Waals surface area contributed by atoms with Crippen LogP contribution in [0.4, 0.5) is 0 Å². The van der Waals surface area contributed by atoms with Crippen LogP contribution in [0, 0.1) is 11.8 Å². The molecule has 3 nitrogen and oxygen atoms in total. The summed E-state index contributed by atoms with van der Waals surface area (Å²) in [4.78, 5) is 5.53. The minimum atomic E-state index is -1.38. The number of hydrogen-bond donors (Lipinski definition) is 2. The van der Waals surface area contributed by atoms with Crippen LogP contribution in [-0.4, -0.2) is 22.2 Å². The van der Waals surface area contributed by atoms with Crippen molar-refractivity contribution in [3.63, 3.8) is 0 Å². The molecule has 0 aliphatic rings. The van der Waals surface area contributed by atoms with Gasteiger partial charge in [-0.1, -0.05) is 72.7 Å². The summed E-state index contributed by atoms with van der Waals surface area (Å²) in [6.45, 7) is 8.18. The van der Waals surface area contributed by atoms with Gasteiger partial charge in [-0.2, -0.15) is 0 Å². The van der Waals surface area contributed by atoms with Gasteiger partial charge in [0.2, 0.25) is 0 Å². The van der Waals surface area contributed by atoms with Crippen molar-refractivity contribution in [1.82, 2.24) is 4.98 Å². The number of quaternary nitrogens is 1. The van der Waals surface area contributed by atoms with Crippen LogP contribution in [0.1, 0.15) is 37.5 Å². The highest BCUT2D eigenvalue weighted by atomic mass is 35.5. The lowest BCUT2D eigenvalue weighted by Gasteiger charge is -2.31. The van der Waals surface area contributed by atoms with E-state index in [1.165, 1.54) is 10.5 Å². The van der Waals surface area contributed by atoms with Gasteiger partial charge < -0.3 is 22.4 Å². The van der Waals surface area contributed by atoms with E-state index in [1.54, 1.807) is 12.4 Å². The molecule has 0 spiro atoms. The number of benzene rings is 2. The van der Waals surface area contributed by atoms with E-state index in [2.05, 4.69) is 61.9 Å². The fraction of sp³-hybridized carbons (Fsp3) is 0.269. The predicted molar refractivity (Wildman–Crippen MR) is 117 cm³/mol. The van der Waals surface area contributed by atoms with Crippen LogP contribution < -0.4 is 17.3 Å². The third kappa shape index (κ3) is 5.93. The predicted octanol–water partition coefficient (Wildman–Crippen LogP) is 0.209. The highest BCUT2D eigenvalue weighted by molar-refractivity contribution is 5.43. The second kappa shape index (κ2) is 10.4. The number of aromatic nitrogens is 1. The van der Waals surface area contributed by atoms with E-state index >= 15 is 0 Å². The van der Waals surface area contributed by atoms with Crippen molar-refractivity contribution in [3.8, 4) is 11.8 Å². The number of halogens is 1. The van der Waals surface area contributed by atoms with Gasteiger partial charge in [-0.3, -0.25) is 4.98 Å². The van der Waals surface area contributed by atoms with Crippen LogP contribution in [0.5, 0.6) is 0 Å². The zero-order valence-electron chi connectivity index (χ0n) is 17.8. The van der Waals surface area contributed by atoms with Gasteiger partial charge in [-0.25, -0.2) is 0 Å². The lowest BCUT2D eigenvalue weighted by atomic mass is 9.88. The van der Waals surface area contributed by atoms with Gasteiger partial charge >= 0.3 is 0 Å². The van der Waals surface area contributed by atoms with E-state index in [9.17, 15) is 5.11 Å². The molecule has 1 heterocycles. The summed E-state index contributed by atoms with van der Waals surface area (Å²) < 4.78 is 0. The maximum absolute atomic E-state index is 11.5. The minimum absolute atomic E-state index is 0. The number of pyridine rings is 1. The first kappa shape index (κ1) is 23.6. The molecule has 0 saturated carbocycles. The molecular formula is C26H29ClN2O. The Labute approximate surface area is 186 Å². The number of nitrogens with one attached hydrogen (secondary N) is 1. The van der Waals surface area contributed by atoms with Crippen molar-refractivity contribution in [1.29, 1.82) is 0 Å². The molecule has 2 N–H and O–H groups in total. The molecule has 30 heavy (non-hydrogen) atoms. The molecule has 1 aromatic heterocycles. The van der Waals surface area contributed by atoms with Crippen molar-refractivity contribution in [3.05, 3.63) is 102 Å². The summed E-state index contributed by atoms with van der Waals surface area (Å²) >= 11 is 0. The Morgan fingerprint density at radius 1 is 0.867 bits per heavy atom. The van der Waals surface area contributed by atoms with Crippen LogP contribution in [0.2, 0.25) is 0 Å². The highest BCUT2D eigenvalue weighted by Crippen LogP contribution is 2.28. The summed E-state index contributed by atoms with van der Waals surface area (Å²) in [6.07, 6.45) is 3.38. The molecule has 4 heteroatoms. The largest absolute Gasteiger partial charge is 1.00 e. The maximum atomic E-state index is 11.5. The normalized spacial score (nSPS) is 13.9. The molecule has 2 atom stereocenters. The van der Waals surface area contributed by atoms with E-state index in [0.717, 1.165) is 12.1 Å². The fourth-order valence-electron chi connectivity index (χ4n) is 3.28. The van der Waals surface area contributed by atoms with Gasteiger partial charge in [0, 0.05) is 29.1 Å². The molecule has 0 saturated heterocycles. The molecular weight excluding hydrogens is 392 g/mol. The third-order valence-electron chi connectivity index (χ3n) is 5.16. The number of aliphatic hydroxyl groups is 1. The zero-order valence-corrected chi connectivity index (χ0v) is 18.5. The van der Waals surface area contributed by atoms with Gasteiger partial charge in [-0.15, -0.1) is 0 Å². The number of nitrogens with zero attached hydrogens (tertiary/aromatic N) is 1. The Bertz CT molecular complexity index is 918. The monoisotopic (exact) mass is 420 g/mol. The fourth-order valence-corrected chi connectivity index (χ4v) is 3.28. The summed E-state index contributed by atoms with van der Waals surface area (Å²) in [5.41, 5.74) is 1.36. The first-order valence-corrected chi connectivity index (χ1v) is 9.97. The molecule has 0 amide bonds. The van der Waals surface area contributed by atoms with Crippen LogP contribution >= 0.6 is 0 Å². The van der Waals surface area contributed by atoms with E-state index in [4.69, 9.17) is 0 Å².